The fourth-order valence-electron chi connectivity index (χ4n) is 3.12. The number of rotatable bonds is 2. The summed E-state index contributed by atoms with van der Waals surface area (Å²) in [5, 5.41) is 2.47. The lowest BCUT2D eigenvalue weighted by Crippen LogP contribution is -2.19. The lowest BCUT2D eigenvalue weighted by atomic mass is 10.1. The molecule has 0 saturated carbocycles. The molecular weight excluding hydrogens is 294 g/mol. The number of aromatic nitrogens is 2. The van der Waals surface area contributed by atoms with E-state index in [4.69, 9.17) is 0 Å². The minimum absolute atomic E-state index is 0.872. The van der Waals surface area contributed by atoms with Crippen LogP contribution in [-0.2, 0) is 6.54 Å². The molecule has 1 saturated heterocycles. The lowest BCUT2D eigenvalue weighted by molar-refractivity contribution is 0.320. The number of hydrogen-bond acceptors (Lipinski definition) is 3. The van der Waals surface area contributed by atoms with Crippen molar-refractivity contribution in [2.24, 2.45) is 5.92 Å². The van der Waals surface area contributed by atoms with Gasteiger partial charge in [-0.1, -0.05) is 36.8 Å². The monoisotopic (exact) mass is 319 g/mol. The molecule has 3 aromatic rings. The van der Waals surface area contributed by atoms with Crippen LogP contribution in [0.5, 0.6) is 0 Å². The second-order valence-electron chi connectivity index (χ2n) is 6.72. The number of likely N-dealkylation sites (tertiary alicyclic amines) is 1. The smallest absolute Gasteiger partial charge is 0.0346 e. The molecule has 0 bridgehead atoms. The molecule has 1 aliphatic heterocycles. The fourth-order valence-corrected chi connectivity index (χ4v) is 3.12. The van der Waals surface area contributed by atoms with Gasteiger partial charge in [-0.15, -0.1) is 0 Å². The van der Waals surface area contributed by atoms with Gasteiger partial charge in [0.25, 0.3) is 0 Å². The maximum atomic E-state index is 4.12. The fraction of sp³-hybridized carbons (Fsp3) is 0.333. The molecule has 1 aromatic carbocycles. The molecular formula is C21H25N3. The molecule has 0 spiro atoms. The second kappa shape index (κ2) is 8.02. The summed E-state index contributed by atoms with van der Waals surface area (Å²) in [4.78, 5) is 10.7. The van der Waals surface area contributed by atoms with E-state index in [1.54, 1.807) is 0 Å². The van der Waals surface area contributed by atoms with Crippen LogP contribution in [0.1, 0.15) is 24.5 Å². The van der Waals surface area contributed by atoms with E-state index in [2.05, 4.69) is 53.0 Å². The van der Waals surface area contributed by atoms with Crippen LogP contribution >= 0.6 is 0 Å². The maximum absolute atomic E-state index is 4.12. The molecule has 3 heterocycles. The molecule has 1 unspecified atom stereocenters. The highest BCUT2D eigenvalue weighted by Crippen LogP contribution is 2.17. The molecule has 0 radical (unpaired) electrons. The van der Waals surface area contributed by atoms with E-state index in [9.17, 15) is 0 Å². The van der Waals surface area contributed by atoms with Crippen LogP contribution in [0.2, 0.25) is 0 Å². The van der Waals surface area contributed by atoms with Crippen molar-refractivity contribution in [2.45, 2.75) is 26.8 Å². The van der Waals surface area contributed by atoms with Crippen molar-refractivity contribution >= 4 is 10.8 Å². The Morgan fingerprint density at radius 2 is 1.92 bits per heavy atom. The second-order valence-corrected chi connectivity index (χ2v) is 6.72. The summed E-state index contributed by atoms with van der Waals surface area (Å²) >= 11 is 0. The van der Waals surface area contributed by atoms with Crippen LogP contribution < -0.4 is 0 Å². The summed E-state index contributed by atoms with van der Waals surface area (Å²) in [5.41, 5.74) is 2.63. The van der Waals surface area contributed by atoms with Crippen LogP contribution in [0.15, 0.2) is 61.2 Å². The average Bonchev–Trinajstić information content (AvgIpc) is 3.01. The number of fused-ring (bicyclic) bond motifs is 1. The third-order valence-electron chi connectivity index (χ3n) is 4.43. The van der Waals surface area contributed by atoms with E-state index in [-0.39, 0.29) is 0 Å². The Balaban J connectivity index is 0.000000143. The molecule has 3 heteroatoms. The van der Waals surface area contributed by atoms with Gasteiger partial charge in [0.1, 0.15) is 0 Å². The van der Waals surface area contributed by atoms with E-state index in [0.717, 1.165) is 12.5 Å². The van der Waals surface area contributed by atoms with Gasteiger partial charge in [-0.3, -0.25) is 14.9 Å². The summed E-state index contributed by atoms with van der Waals surface area (Å²) in [6.07, 6.45) is 8.84. The summed E-state index contributed by atoms with van der Waals surface area (Å²) in [6, 6.07) is 12.5. The first-order valence-corrected chi connectivity index (χ1v) is 8.62. The summed E-state index contributed by atoms with van der Waals surface area (Å²) in [5.74, 6) is 0.872. The van der Waals surface area contributed by atoms with Crippen molar-refractivity contribution in [3.8, 4) is 0 Å². The van der Waals surface area contributed by atoms with Crippen molar-refractivity contribution in [3.63, 3.8) is 0 Å². The topological polar surface area (TPSA) is 29.0 Å². The third-order valence-corrected chi connectivity index (χ3v) is 4.43. The average molecular weight is 319 g/mol. The van der Waals surface area contributed by atoms with Gasteiger partial charge in [-0.05, 0) is 48.9 Å². The Morgan fingerprint density at radius 1 is 1.04 bits per heavy atom. The molecule has 124 valence electrons. The van der Waals surface area contributed by atoms with E-state index in [0.29, 0.717) is 0 Å². The van der Waals surface area contributed by atoms with Crippen molar-refractivity contribution in [1.82, 2.24) is 14.9 Å². The Hall–Kier alpha value is -2.26. The van der Waals surface area contributed by atoms with Crippen LogP contribution in [0, 0.1) is 12.8 Å². The maximum Gasteiger partial charge on any atom is 0.0346 e. The van der Waals surface area contributed by atoms with Gasteiger partial charge in [0.2, 0.25) is 0 Å². The zero-order valence-electron chi connectivity index (χ0n) is 14.5. The summed E-state index contributed by atoms with van der Waals surface area (Å²) in [7, 11) is 0. The van der Waals surface area contributed by atoms with Gasteiger partial charge < -0.3 is 0 Å². The van der Waals surface area contributed by atoms with E-state index in [1.807, 2.05) is 36.9 Å². The van der Waals surface area contributed by atoms with Crippen LogP contribution in [0.3, 0.4) is 0 Å². The first-order chi connectivity index (χ1) is 11.7. The zero-order valence-corrected chi connectivity index (χ0v) is 14.5. The number of aryl methyl sites for hydroxylation is 1. The molecule has 4 rings (SSSR count). The number of nitrogens with zero attached hydrogens (tertiary/aromatic N) is 3. The highest BCUT2D eigenvalue weighted by molar-refractivity contribution is 5.81. The van der Waals surface area contributed by atoms with Crippen LogP contribution in [0.4, 0.5) is 0 Å². The number of hydrogen-bond donors (Lipinski definition) is 0. The molecule has 3 nitrogen and oxygen atoms in total. The summed E-state index contributed by atoms with van der Waals surface area (Å²) in [6.45, 7) is 7.98. The van der Waals surface area contributed by atoms with Gasteiger partial charge >= 0.3 is 0 Å². The number of benzene rings is 1. The SMILES string of the molecule is CC1CCN(Cc2cccnc2)C1.Cc1ccc2cnccc2c1. The molecule has 1 atom stereocenters. The standard InChI is InChI=1S/C11H16N2.C10H9N/c1-10-4-6-13(8-10)9-11-3-2-5-12-7-11;1-8-2-3-10-7-11-5-4-9(10)6-8/h2-3,5,7,10H,4,6,8-9H2,1H3;2-7H,1H3. The molecule has 2 aromatic heterocycles. The predicted octanol–water partition coefficient (Wildman–Crippen LogP) is 4.47. The highest BCUT2D eigenvalue weighted by atomic mass is 15.1. The predicted molar refractivity (Wildman–Crippen MR) is 99.8 cm³/mol. The Kier molecular flexibility index (Phi) is 5.55. The quantitative estimate of drug-likeness (QED) is 0.698. The van der Waals surface area contributed by atoms with Crippen molar-refractivity contribution < 1.29 is 0 Å². The lowest BCUT2D eigenvalue weighted by Gasteiger charge is -2.14. The minimum Gasteiger partial charge on any atom is -0.299 e. The molecule has 0 N–H and O–H groups in total. The first-order valence-electron chi connectivity index (χ1n) is 8.62. The summed E-state index contributed by atoms with van der Waals surface area (Å²) < 4.78 is 0. The van der Waals surface area contributed by atoms with Gasteiger partial charge in [-0.25, -0.2) is 0 Å². The van der Waals surface area contributed by atoms with Gasteiger partial charge in [0.05, 0.1) is 0 Å². The molecule has 0 amide bonds. The van der Waals surface area contributed by atoms with Crippen molar-refractivity contribution in [1.29, 1.82) is 0 Å². The molecule has 0 aliphatic carbocycles. The normalized spacial score (nSPS) is 17.5. The third kappa shape index (κ3) is 4.62. The van der Waals surface area contributed by atoms with E-state index in [1.165, 1.54) is 41.4 Å². The zero-order chi connectivity index (χ0) is 16.8. The van der Waals surface area contributed by atoms with E-state index >= 15 is 0 Å². The Morgan fingerprint density at radius 3 is 2.67 bits per heavy atom. The van der Waals surface area contributed by atoms with Crippen LogP contribution in [-0.4, -0.2) is 28.0 Å². The minimum atomic E-state index is 0.872. The van der Waals surface area contributed by atoms with Gasteiger partial charge in [-0.2, -0.15) is 0 Å². The Labute approximate surface area is 144 Å². The van der Waals surface area contributed by atoms with Crippen molar-refractivity contribution in [2.75, 3.05) is 13.1 Å². The molecule has 24 heavy (non-hydrogen) atoms. The Bertz CT molecular complexity index is 770. The van der Waals surface area contributed by atoms with E-state index < -0.39 is 0 Å². The molecule has 1 aliphatic rings. The molecule has 1 fully saturated rings. The van der Waals surface area contributed by atoms with Gasteiger partial charge in [0, 0.05) is 43.3 Å². The van der Waals surface area contributed by atoms with Gasteiger partial charge in [0.15, 0.2) is 0 Å². The van der Waals surface area contributed by atoms with Crippen molar-refractivity contribution in [3.05, 3.63) is 72.3 Å². The largest absolute Gasteiger partial charge is 0.299 e. The highest BCUT2D eigenvalue weighted by Gasteiger charge is 2.18. The number of pyridine rings is 2. The first kappa shape index (κ1) is 16.6. The van der Waals surface area contributed by atoms with Crippen LogP contribution in [0.25, 0.3) is 10.8 Å².